The van der Waals surface area contributed by atoms with Crippen molar-refractivity contribution in [2.75, 3.05) is 0 Å². The number of benzene rings is 8. The summed E-state index contributed by atoms with van der Waals surface area (Å²) >= 11 is 0. The zero-order valence-electron chi connectivity index (χ0n) is 33.2. The molecule has 0 saturated heterocycles. The normalized spacial score (nSPS) is 11.7. The molecule has 0 radical (unpaired) electrons. The quantitative estimate of drug-likeness (QED) is 0.169. The average Bonchev–Trinajstić information content (AvgIpc) is 3.84. The van der Waals surface area contributed by atoms with Gasteiger partial charge in [-0.05, 0) is 77.0 Å². The first-order valence-electron chi connectivity index (χ1n) is 20.5. The van der Waals surface area contributed by atoms with E-state index in [0.717, 1.165) is 77.1 Å². The minimum atomic E-state index is 0.576. The molecule has 12 rings (SSSR count). The topological polar surface area (TPSA) is 61.4 Å². The second-order valence-electron chi connectivity index (χ2n) is 15.6. The van der Waals surface area contributed by atoms with Gasteiger partial charge in [0.15, 0.2) is 11.6 Å². The van der Waals surface area contributed by atoms with E-state index in [-0.39, 0.29) is 0 Å². The zero-order chi connectivity index (χ0) is 40.4. The highest BCUT2D eigenvalue weighted by molar-refractivity contribution is 6.20. The van der Waals surface area contributed by atoms with Gasteiger partial charge in [-0.15, -0.1) is 0 Å². The molecule has 0 N–H and O–H groups in total. The van der Waals surface area contributed by atoms with Gasteiger partial charge in [0.25, 0.3) is 0 Å². The third kappa shape index (κ3) is 5.80. The number of pyridine rings is 1. The molecular weight excluding hydrogens is 745 g/mol. The summed E-state index contributed by atoms with van der Waals surface area (Å²) in [5.41, 5.74) is 12.9. The van der Waals surface area contributed by atoms with Gasteiger partial charge < -0.3 is 0 Å². The smallest absolute Gasteiger partial charge is 0.238 e. The third-order valence-corrected chi connectivity index (χ3v) is 11.8. The van der Waals surface area contributed by atoms with Crippen LogP contribution in [0.15, 0.2) is 200 Å². The number of fused-ring (bicyclic) bond motifs is 8. The Morgan fingerprint density at radius 1 is 0.377 bits per heavy atom. The first-order chi connectivity index (χ1) is 30.1. The predicted octanol–water partition coefficient (Wildman–Crippen LogP) is 13.6. The molecule has 8 aromatic carbocycles. The van der Waals surface area contributed by atoms with Crippen LogP contribution < -0.4 is 0 Å². The monoisotopic (exact) mass is 780 g/mol. The van der Waals surface area contributed by atoms with Gasteiger partial charge in [0.2, 0.25) is 5.95 Å². The molecule has 12 aromatic rings. The first kappa shape index (κ1) is 34.8. The fraction of sp³-hybridized carbons (Fsp3) is 0.0182. The summed E-state index contributed by atoms with van der Waals surface area (Å²) < 4.78 is 4.49. The van der Waals surface area contributed by atoms with E-state index in [1.807, 2.05) is 66.9 Å². The van der Waals surface area contributed by atoms with Crippen LogP contribution in [0.3, 0.4) is 0 Å². The molecule has 0 aliphatic heterocycles. The fourth-order valence-corrected chi connectivity index (χ4v) is 8.99. The van der Waals surface area contributed by atoms with Crippen LogP contribution in [0.2, 0.25) is 0 Å². The minimum absolute atomic E-state index is 0.576. The van der Waals surface area contributed by atoms with E-state index in [9.17, 15) is 0 Å². The van der Waals surface area contributed by atoms with Crippen molar-refractivity contribution in [1.82, 2.24) is 29.1 Å². The Hall–Kier alpha value is -8.22. The largest absolute Gasteiger partial charge is 0.294 e. The number of hydrogen-bond donors (Lipinski definition) is 0. The van der Waals surface area contributed by atoms with Crippen LogP contribution in [0, 0.1) is 6.92 Å². The van der Waals surface area contributed by atoms with Crippen LogP contribution in [0.1, 0.15) is 5.56 Å². The van der Waals surface area contributed by atoms with Crippen LogP contribution in [0.4, 0.5) is 0 Å². The Balaban J connectivity index is 1.05. The van der Waals surface area contributed by atoms with Gasteiger partial charge >= 0.3 is 0 Å². The summed E-state index contributed by atoms with van der Waals surface area (Å²) in [6, 6.07) is 68.4. The lowest BCUT2D eigenvalue weighted by Crippen LogP contribution is -2.06. The Bertz CT molecular complexity index is 3600. The molecule has 61 heavy (non-hydrogen) atoms. The highest BCUT2D eigenvalue weighted by Crippen LogP contribution is 2.40. The van der Waals surface area contributed by atoms with Gasteiger partial charge in [-0.2, -0.15) is 9.97 Å². The standard InChI is InChI=1S/C55H36N6/c1-35-14-12-20-38(30-35)39-21-13-22-43(31-39)60-50-29-27-41(33-47(50)51-44-23-9-8-19-42(44)34-56-54(51)60)40-26-28-49-46(32-40)45-24-10-11-25-48(45)61(49)55-58-52(36-15-4-2-5-16-36)57-53(59-55)37-17-6-3-7-18-37/h2-34H,1H3. The third-order valence-electron chi connectivity index (χ3n) is 11.8. The fourth-order valence-electron chi connectivity index (χ4n) is 8.99. The summed E-state index contributed by atoms with van der Waals surface area (Å²) in [6.45, 7) is 2.14. The molecule has 0 spiro atoms. The number of nitrogens with zero attached hydrogens (tertiary/aromatic N) is 6. The lowest BCUT2D eigenvalue weighted by molar-refractivity contribution is 0.953. The molecule has 4 aromatic heterocycles. The Labute approximate surface area is 351 Å². The van der Waals surface area contributed by atoms with Crippen molar-refractivity contribution in [3.05, 3.63) is 206 Å². The molecule has 0 saturated carbocycles. The molecule has 0 fully saturated rings. The van der Waals surface area contributed by atoms with Crippen LogP contribution in [0.25, 0.3) is 111 Å². The van der Waals surface area contributed by atoms with E-state index in [4.69, 9.17) is 19.9 Å². The van der Waals surface area contributed by atoms with E-state index in [1.54, 1.807) is 0 Å². The van der Waals surface area contributed by atoms with Crippen LogP contribution >= 0.6 is 0 Å². The van der Waals surface area contributed by atoms with Gasteiger partial charge in [-0.1, -0.05) is 157 Å². The van der Waals surface area contributed by atoms with Gasteiger partial charge in [0.1, 0.15) is 5.65 Å². The summed E-state index contributed by atoms with van der Waals surface area (Å²) in [5.74, 6) is 1.83. The second kappa shape index (κ2) is 14.0. The number of aromatic nitrogens is 6. The number of rotatable bonds is 6. The molecule has 0 aliphatic carbocycles. The SMILES string of the molecule is Cc1cccc(-c2cccc(-n3c4ccc(-c5ccc6c(c5)c5ccccc5n6-c5nc(-c6ccccc6)nc(-c6ccccc6)n5)cc4c4c5ccccc5cnc43)c2)c1. The second-order valence-corrected chi connectivity index (χ2v) is 15.6. The molecule has 6 nitrogen and oxygen atoms in total. The summed E-state index contributed by atoms with van der Waals surface area (Å²) in [5, 5.41) is 6.86. The van der Waals surface area contributed by atoms with E-state index < -0.39 is 0 Å². The highest BCUT2D eigenvalue weighted by Gasteiger charge is 2.20. The zero-order valence-corrected chi connectivity index (χ0v) is 33.2. The Morgan fingerprint density at radius 2 is 0.934 bits per heavy atom. The van der Waals surface area contributed by atoms with Gasteiger partial charge in [-0.3, -0.25) is 9.13 Å². The molecule has 286 valence electrons. The molecule has 0 atom stereocenters. The number of aryl methyl sites for hydroxylation is 1. The predicted molar refractivity (Wildman–Crippen MR) is 250 cm³/mol. The van der Waals surface area contributed by atoms with E-state index in [0.29, 0.717) is 17.6 Å². The molecule has 0 bridgehead atoms. The lowest BCUT2D eigenvalue weighted by atomic mass is 9.99. The van der Waals surface area contributed by atoms with Gasteiger partial charge in [0, 0.05) is 49.9 Å². The molecule has 0 amide bonds. The van der Waals surface area contributed by atoms with Crippen molar-refractivity contribution in [3.8, 4) is 56.7 Å². The van der Waals surface area contributed by atoms with Crippen LogP contribution in [-0.2, 0) is 0 Å². The van der Waals surface area contributed by atoms with Crippen LogP contribution in [0.5, 0.6) is 0 Å². The summed E-state index contributed by atoms with van der Waals surface area (Å²) in [6.07, 6.45) is 2.00. The molecule has 6 heteroatoms. The first-order valence-corrected chi connectivity index (χ1v) is 20.5. The maximum Gasteiger partial charge on any atom is 0.238 e. The molecule has 0 unspecified atom stereocenters. The Morgan fingerprint density at radius 3 is 1.66 bits per heavy atom. The maximum atomic E-state index is 5.14. The highest BCUT2D eigenvalue weighted by atomic mass is 15.2. The van der Waals surface area contributed by atoms with Gasteiger partial charge in [-0.25, -0.2) is 9.97 Å². The van der Waals surface area contributed by atoms with Crippen molar-refractivity contribution in [2.24, 2.45) is 0 Å². The molecule has 0 aliphatic rings. The summed E-state index contributed by atoms with van der Waals surface area (Å²) in [4.78, 5) is 20.4. The average molecular weight is 781 g/mol. The Kier molecular flexibility index (Phi) is 7.96. The number of para-hydroxylation sites is 1. The lowest BCUT2D eigenvalue weighted by Gasteiger charge is -2.11. The van der Waals surface area contributed by atoms with Gasteiger partial charge in [0.05, 0.1) is 16.6 Å². The minimum Gasteiger partial charge on any atom is -0.294 e. The molecular formula is C55H36N6. The van der Waals surface area contributed by atoms with Crippen molar-refractivity contribution in [2.45, 2.75) is 6.92 Å². The van der Waals surface area contributed by atoms with Crippen molar-refractivity contribution in [1.29, 1.82) is 0 Å². The summed E-state index contributed by atoms with van der Waals surface area (Å²) in [7, 11) is 0. The van der Waals surface area contributed by atoms with Crippen molar-refractivity contribution >= 4 is 54.5 Å². The van der Waals surface area contributed by atoms with E-state index >= 15 is 0 Å². The van der Waals surface area contributed by atoms with Crippen LogP contribution in [-0.4, -0.2) is 29.1 Å². The maximum absolute atomic E-state index is 5.14. The van der Waals surface area contributed by atoms with Crippen molar-refractivity contribution in [3.63, 3.8) is 0 Å². The number of hydrogen-bond acceptors (Lipinski definition) is 4. The van der Waals surface area contributed by atoms with E-state index in [1.165, 1.54) is 22.1 Å². The van der Waals surface area contributed by atoms with Crippen molar-refractivity contribution < 1.29 is 0 Å². The van der Waals surface area contributed by atoms with E-state index in [2.05, 4.69) is 150 Å². The molecule has 4 heterocycles.